The van der Waals surface area contributed by atoms with Gasteiger partial charge in [0.15, 0.2) is 5.82 Å². The van der Waals surface area contributed by atoms with E-state index in [0.717, 1.165) is 35.1 Å². The predicted octanol–water partition coefficient (Wildman–Crippen LogP) is 3.70. The van der Waals surface area contributed by atoms with Crippen molar-refractivity contribution < 1.29 is 0 Å². The molecule has 2 heterocycles. The lowest BCUT2D eigenvalue weighted by Crippen LogP contribution is -2.05. The van der Waals surface area contributed by atoms with Crippen LogP contribution >= 0.6 is 0 Å². The topological polar surface area (TPSA) is 85.2 Å². The highest BCUT2D eigenvalue weighted by atomic mass is 15.5. The van der Waals surface area contributed by atoms with Crippen molar-refractivity contribution in [1.82, 2.24) is 35.4 Å². The van der Waals surface area contributed by atoms with Crippen LogP contribution in [-0.2, 0) is 6.54 Å². The molecule has 1 N–H and O–H groups in total. The minimum Gasteiger partial charge on any atom is -0.239 e. The van der Waals surface area contributed by atoms with Gasteiger partial charge in [-0.05, 0) is 39.0 Å². The molecule has 0 bridgehead atoms. The lowest BCUT2D eigenvalue weighted by Gasteiger charge is -2.08. The highest BCUT2D eigenvalue weighted by Gasteiger charge is 2.11. The third kappa shape index (κ3) is 4.68. The van der Waals surface area contributed by atoms with Gasteiger partial charge in [0, 0.05) is 18.4 Å². The Morgan fingerprint density at radius 3 is 2.35 bits per heavy atom. The summed E-state index contributed by atoms with van der Waals surface area (Å²) in [6.45, 7) is 4.58. The maximum Gasteiger partial charge on any atom is 0.226 e. The van der Waals surface area contributed by atoms with Crippen molar-refractivity contribution in [3.63, 3.8) is 0 Å². The number of hydrogen-bond donors (Lipinski definition) is 1. The van der Waals surface area contributed by atoms with Crippen LogP contribution in [0.5, 0.6) is 0 Å². The molecule has 4 aromatic rings. The first kappa shape index (κ1) is 20.1. The number of hydrogen-bond acceptors (Lipinski definition) is 5. The fourth-order valence-corrected chi connectivity index (χ4v) is 3.11. The molecular weight excluding hydrogens is 386 g/mol. The number of nitrogens with zero attached hydrogens (tertiary/aromatic N) is 6. The zero-order chi connectivity index (χ0) is 21.5. The number of benzene rings is 2. The molecule has 7 nitrogen and oxygen atoms in total. The van der Waals surface area contributed by atoms with Gasteiger partial charge in [-0.25, -0.2) is 9.78 Å². The van der Waals surface area contributed by atoms with Gasteiger partial charge in [0.2, 0.25) is 11.6 Å². The van der Waals surface area contributed by atoms with Crippen LogP contribution in [0.15, 0.2) is 48.5 Å². The molecule has 0 saturated carbocycles. The Morgan fingerprint density at radius 2 is 1.65 bits per heavy atom. The van der Waals surface area contributed by atoms with Crippen LogP contribution in [0.25, 0.3) is 22.5 Å². The minimum atomic E-state index is 0.508. The lowest BCUT2D eigenvalue weighted by molar-refractivity contribution is 0.674. The van der Waals surface area contributed by atoms with E-state index in [1.807, 2.05) is 36.7 Å². The van der Waals surface area contributed by atoms with E-state index >= 15 is 0 Å². The monoisotopic (exact) mass is 407 g/mol. The van der Waals surface area contributed by atoms with Crippen molar-refractivity contribution >= 4 is 0 Å². The maximum atomic E-state index is 4.53. The van der Waals surface area contributed by atoms with Gasteiger partial charge in [-0.2, -0.15) is 4.98 Å². The summed E-state index contributed by atoms with van der Waals surface area (Å²) in [6, 6.07) is 16.4. The summed E-state index contributed by atoms with van der Waals surface area (Å²) >= 11 is 0. The van der Waals surface area contributed by atoms with Gasteiger partial charge in [0.05, 0.1) is 6.54 Å². The molecule has 0 aliphatic heterocycles. The summed E-state index contributed by atoms with van der Waals surface area (Å²) in [5.41, 5.74) is 4.18. The van der Waals surface area contributed by atoms with Crippen LogP contribution in [0.1, 0.15) is 43.9 Å². The molecule has 0 radical (unpaired) electrons. The van der Waals surface area contributed by atoms with Crippen LogP contribution < -0.4 is 0 Å². The van der Waals surface area contributed by atoms with Crippen molar-refractivity contribution in [3.05, 3.63) is 65.7 Å². The zero-order valence-corrected chi connectivity index (χ0v) is 17.4. The highest BCUT2D eigenvalue weighted by Crippen LogP contribution is 2.29. The Hall–Kier alpha value is -4.23. The Morgan fingerprint density at radius 1 is 0.903 bits per heavy atom. The largest absolute Gasteiger partial charge is 0.239 e. The Kier molecular flexibility index (Phi) is 6.16. The van der Waals surface area contributed by atoms with Gasteiger partial charge in [-0.3, -0.25) is 0 Å². The standard InChI is InChI=1S/C24H21N7/c1-3-5-11-22-25-23(12-6-4-2)31(28-22)17-18-13-15-19(16-14-18)20-9-7-8-10-21(20)24-26-29-30-27-24/h7-10,13-16H,3-4,17H2,1-2H3,(H,26,27,29,30). The molecule has 0 amide bonds. The molecule has 0 unspecified atom stereocenters. The molecule has 0 saturated heterocycles. The molecule has 0 spiro atoms. The molecule has 31 heavy (non-hydrogen) atoms. The molecular formula is C24H21N7. The van der Waals surface area contributed by atoms with Crippen LogP contribution in [0.3, 0.4) is 0 Å². The first-order valence-corrected chi connectivity index (χ1v) is 10.1. The summed E-state index contributed by atoms with van der Waals surface area (Å²) in [5.74, 6) is 13.9. The lowest BCUT2D eigenvalue weighted by atomic mass is 9.98. The third-order valence-corrected chi connectivity index (χ3v) is 4.55. The second-order valence-electron chi connectivity index (χ2n) is 6.72. The Balaban J connectivity index is 1.61. The summed E-state index contributed by atoms with van der Waals surface area (Å²) in [4.78, 5) is 4.47. The molecule has 152 valence electrons. The van der Waals surface area contributed by atoms with E-state index in [0.29, 0.717) is 24.0 Å². The third-order valence-electron chi connectivity index (χ3n) is 4.55. The molecule has 0 aliphatic carbocycles. The van der Waals surface area contributed by atoms with Gasteiger partial charge < -0.3 is 0 Å². The molecule has 2 aromatic carbocycles. The van der Waals surface area contributed by atoms with E-state index in [4.69, 9.17) is 0 Å². The normalized spacial score (nSPS) is 10.1. The number of nitrogens with one attached hydrogen (secondary N) is 1. The molecule has 0 aliphatic rings. The number of rotatable bonds is 4. The van der Waals surface area contributed by atoms with Crippen molar-refractivity contribution in [2.45, 2.75) is 33.2 Å². The average Bonchev–Trinajstić information content (AvgIpc) is 3.47. The second-order valence-corrected chi connectivity index (χ2v) is 6.72. The van der Waals surface area contributed by atoms with Crippen molar-refractivity contribution in [2.24, 2.45) is 0 Å². The quantitative estimate of drug-likeness (QED) is 0.522. The molecule has 0 fully saturated rings. The van der Waals surface area contributed by atoms with E-state index in [9.17, 15) is 0 Å². The average molecular weight is 407 g/mol. The summed E-state index contributed by atoms with van der Waals surface area (Å²) < 4.78 is 1.81. The van der Waals surface area contributed by atoms with Crippen molar-refractivity contribution in [3.8, 4) is 46.2 Å². The smallest absolute Gasteiger partial charge is 0.226 e. The van der Waals surface area contributed by atoms with Crippen molar-refractivity contribution in [2.75, 3.05) is 0 Å². The SMILES string of the molecule is CCC#Cc1nc(C#CCC)n(Cc2ccc(-c3ccccc3-c3nnn[nH]3)cc2)n1. The number of H-pyrrole nitrogens is 1. The molecule has 2 aromatic heterocycles. The second kappa shape index (κ2) is 9.51. The van der Waals surface area contributed by atoms with E-state index in [1.165, 1.54) is 0 Å². The summed E-state index contributed by atoms with van der Waals surface area (Å²) in [7, 11) is 0. The van der Waals surface area contributed by atoms with Gasteiger partial charge in [0.1, 0.15) is 0 Å². The van der Waals surface area contributed by atoms with Gasteiger partial charge in [-0.15, -0.1) is 10.2 Å². The Bertz CT molecular complexity index is 1280. The van der Waals surface area contributed by atoms with Gasteiger partial charge in [0.25, 0.3) is 0 Å². The number of aromatic amines is 1. The number of aromatic nitrogens is 7. The summed E-state index contributed by atoms with van der Waals surface area (Å²) in [5, 5.41) is 18.8. The van der Waals surface area contributed by atoms with Gasteiger partial charge >= 0.3 is 0 Å². The fourth-order valence-electron chi connectivity index (χ4n) is 3.11. The molecule has 0 atom stereocenters. The number of tetrazole rings is 1. The van der Waals surface area contributed by atoms with E-state index in [-0.39, 0.29) is 0 Å². The van der Waals surface area contributed by atoms with Gasteiger partial charge in [-0.1, -0.05) is 74.2 Å². The predicted molar refractivity (Wildman–Crippen MR) is 119 cm³/mol. The minimum absolute atomic E-state index is 0.508. The highest BCUT2D eigenvalue weighted by molar-refractivity contribution is 5.80. The zero-order valence-electron chi connectivity index (χ0n) is 17.4. The first-order chi connectivity index (χ1) is 15.3. The Labute approximate surface area is 180 Å². The first-order valence-electron chi connectivity index (χ1n) is 10.1. The van der Waals surface area contributed by atoms with Crippen molar-refractivity contribution in [1.29, 1.82) is 0 Å². The van der Waals surface area contributed by atoms with Crippen LogP contribution in [-0.4, -0.2) is 35.4 Å². The van der Waals surface area contributed by atoms with Crippen LogP contribution in [0.4, 0.5) is 0 Å². The maximum absolute atomic E-state index is 4.53. The molecule has 4 rings (SSSR count). The van der Waals surface area contributed by atoms with E-state index in [2.05, 4.69) is 84.7 Å². The molecule has 7 heteroatoms. The summed E-state index contributed by atoms with van der Waals surface area (Å²) in [6.07, 6.45) is 1.52. The van der Waals surface area contributed by atoms with E-state index in [1.54, 1.807) is 0 Å². The van der Waals surface area contributed by atoms with E-state index < -0.39 is 0 Å². The fraction of sp³-hybridized carbons (Fsp3) is 0.208. The van der Waals surface area contributed by atoms with Crippen LogP contribution in [0, 0.1) is 23.7 Å². The van der Waals surface area contributed by atoms with Crippen LogP contribution in [0.2, 0.25) is 0 Å².